The van der Waals surface area contributed by atoms with Gasteiger partial charge in [0.15, 0.2) is 21.2 Å². The van der Waals surface area contributed by atoms with Gasteiger partial charge in [-0.25, -0.2) is 14.1 Å². The van der Waals surface area contributed by atoms with Crippen LogP contribution in [-0.2, 0) is 23.9 Å². The summed E-state index contributed by atoms with van der Waals surface area (Å²) in [6, 6.07) is 9.23. The van der Waals surface area contributed by atoms with E-state index in [9.17, 15) is 33.5 Å². The molecule has 2 aliphatic carbocycles. The number of nitrogens with zero attached hydrogens (tertiary/aromatic N) is 2. The highest BCUT2D eigenvalue weighted by atomic mass is 35.5. The standard InChI is InChI=1S/C30H25Cl2FN2O8/c1-3-43-20-6-4-5-18(23(20)36)22-16-11-12-17-21(25(38)35(24(17)37)28(41)42-2)19(16)13-29(31)26(39)34(27(40)30(22,29)32)15-9-7-14(33)8-10-15/h4-11,17,19,21-22,36H,3,12-13H2,1-2H3/t17-,19+,21-,22+,29+,30-/m0/s1. The number of halogens is 3. The van der Waals surface area contributed by atoms with E-state index in [1.54, 1.807) is 19.1 Å². The highest BCUT2D eigenvalue weighted by Gasteiger charge is 2.77. The predicted molar refractivity (Wildman–Crippen MR) is 150 cm³/mol. The van der Waals surface area contributed by atoms with Crippen molar-refractivity contribution < 1.29 is 42.9 Å². The summed E-state index contributed by atoms with van der Waals surface area (Å²) in [5, 5.41) is 11.4. The van der Waals surface area contributed by atoms with Crippen molar-refractivity contribution in [3.8, 4) is 11.5 Å². The summed E-state index contributed by atoms with van der Waals surface area (Å²) in [5.74, 6) is -8.51. The van der Waals surface area contributed by atoms with Crippen molar-refractivity contribution in [1.29, 1.82) is 0 Å². The molecule has 0 radical (unpaired) electrons. The fourth-order valence-electron chi connectivity index (χ4n) is 7.06. The maximum Gasteiger partial charge on any atom is 0.423 e. The topological polar surface area (TPSA) is 131 Å². The Labute approximate surface area is 254 Å². The number of allylic oxidation sites excluding steroid dienone is 2. The highest BCUT2D eigenvalue weighted by molar-refractivity contribution is 6.58. The molecule has 6 rings (SSSR count). The summed E-state index contributed by atoms with van der Waals surface area (Å²) < 4.78 is 24.0. The van der Waals surface area contributed by atoms with Gasteiger partial charge in [0, 0.05) is 11.5 Å². The normalized spacial score (nSPS) is 31.4. The van der Waals surface area contributed by atoms with Crippen LogP contribution in [0.25, 0.3) is 0 Å². The third kappa shape index (κ3) is 3.80. The van der Waals surface area contributed by atoms with Gasteiger partial charge in [0.2, 0.25) is 11.8 Å². The number of carbonyl (C=O) groups excluding carboxylic acids is 5. The quantitative estimate of drug-likeness (QED) is 0.301. The zero-order chi connectivity index (χ0) is 31.0. The van der Waals surface area contributed by atoms with Crippen LogP contribution in [0, 0.1) is 23.6 Å². The van der Waals surface area contributed by atoms with Gasteiger partial charge < -0.3 is 14.6 Å². The Morgan fingerprint density at radius 3 is 2.40 bits per heavy atom. The number of anilines is 1. The molecular weight excluding hydrogens is 606 g/mol. The summed E-state index contributed by atoms with van der Waals surface area (Å²) in [6.07, 6.45) is 0.197. The Kier molecular flexibility index (Phi) is 6.81. The smallest absolute Gasteiger partial charge is 0.423 e. The van der Waals surface area contributed by atoms with Crippen LogP contribution >= 0.6 is 23.2 Å². The minimum absolute atomic E-state index is 0.0169. The molecule has 2 aromatic rings. The van der Waals surface area contributed by atoms with E-state index >= 15 is 0 Å². The van der Waals surface area contributed by atoms with Crippen LogP contribution in [0.1, 0.15) is 31.2 Å². The van der Waals surface area contributed by atoms with Crippen molar-refractivity contribution in [2.45, 2.75) is 35.4 Å². The number of benzene rings is 2. The molecule has 3 fully saturated rings. The lowest BCUT2D eigenvalue weighted by atomic mass is 9.56. The fraction of sp³-hybridized carbons (Fsp3) is 0.367. The molecule has 5 amide bonds. The van der Waals surface area contributed by atoms with Gasteiger partial charge in [-0.05, 0) is 56.0 Å². The van der Waals surface area contributed by atoms with Crippen LogP contribution in [0.3, 0.4) is 0 Å². The van der Waals surface area contributed by atoms with Crippen molar-refractivity contribution in [3.63, 3.8) is 0 Å². The third-order valence-corrected chi connectivity index (χ3v) is 10.3. The number of imide groups is 4. The molecule has 43 heavy (non-hydrogen) atoms. The molecule has 10 nitrogen and oxygen atoms in total. The Hall–Kier alpha value is -3.96. The second kappa shape index (κ2) is 10.1. The van der Waals surface area contributed by atoms with Gasteiger partial charge in [-0.3, -0.25) is 19.2 Å². The van der Waals surface area contributed by atoms with Crippen LogP contribution in [0.5, 0.6) is 11.5 Å². The van der Waals surface area contributed by atoms with E-state index < -0.39 is 69.0 Å². The first-order chi connectivity index (χ1) is 20.4. The maximum absolute atomic E-state index is 14.3. The number of aromatic hydroxyl groups is 1. The third-order valence-electron chi connectivity index (χ3n) is 8.89. The van der Waals surface area contributed by atoms with Gasteiger partial charge >= 0.3 is 6.09 Å². The summed E-state index contributed by atoms with van der Waals surface area (Å²) in [6.45, 7) is 1.92. The molecule has 0 spiro atoms. The van der Waals surface area contributed by atoms with Crippen LogP contribution in [0.2, 0.25) is 0 Å². The minimum Gasteiger partial charge on any atom is -0.504 e. The summed E-state index contributed by atoms with van der Waals surface area (Å²) in [7, 11) is 1.04. The number of para-hydroxylation sites is 1. The number of rotatable bonds is 4. The molecule has 2 saturated heterocycles. The molecule has 1 N–H and O–H groups in total. The molecule has 2 aliphatic heterocycles. The summed E-state index contributed by atoms with van der Waals surface area (Å²) in [5.41, 5.74) is 0.547. The molecule has 13 heteroatoms. The molecule has 2 aromatic carbocycles. The van der Waals surface area contributed by atoms with Gasteiger partial charge in [-0.1, -0.05) is 23.8 Å². The van der Waals surface area contributed by atoms with Crippen LogP contribution in [-0.4, -0.2) is 63.2 Å². The molecule has 224 valence electrons. The number of phenolic OH excluding ortho intramolecular Hbond substituents is 1. The van der Waals surface area contributed by atoms with Crippen molar-refractivity contribution >= 4 is 58.6 Å². The number of fused-ring (bicyclic) bond motifs is 4. The van der Waals surface area contributed by atoms with Crippen molar-refractivity contribution in [2.75, 3.05) is 18.6 Å². The van der Waals surface area contributed by atoms with Crippen molar-refractivity contribution in [1.82, 2.24) is 4.90 Å². The largest absolute Gasteiger partial charge is 0.504 e. The highest BCUT2D eigenvalue weighted by Crippen LogP contribution is 2.66. The van der Waals surface area contributed by atoms with E-state index in [2.05, 4.69) is 4.74 Å². The second-order valence-corrected chi connectivity index (χ2v) is 12.1. The second-order valence-electron chi connectivity index (χ2n) is 10.9. The number of alkyl halides is 2. The van der Waals surface area contributed by atoms with Gasteiger partial charge in [0.1, 0.15) is 5.82 Å². The first kappa shape index (κ1) is 29.1. The fourth-order valence-corrected chi connectivity index (χ4v) is 7.99. The van der Waals surface area contributed by atoms with E-state index in [4.69, 9.17) is 27.9 Å². The lowest BCUT2D eigenvalue weighted by Crippen LogP contribution is -2.60. The molecule has 0 bridgehead atoms. The average Bonchev–Trinajstić information content (AvgIpc) is 3.32. The minimum atomic E-state index is -2.23. The SMILES string of the molecule is CCOc1cccc([C@H]2C3=CC[C@@H]4C(=O)N(C(=O)OC)C(=O)[C@@H]4[C@@H]3C[C@@]3(Cl)C(=O)N(c4ccc(F)cc4)C(=O)[C@@]23Cl)c1O. The van der Waals surface area contributed by atoms with E-state index in [1.165, 1.54) is 24.3 Å². The first-order valence-corrected chi connectivity index (χ1v) is 14.3. The number of carbonyl (C=O) groups is 5. The van der Waals surface area contributed by atoms with Crippen LogP contribution in [0.15, 0.2) is 54.1 Å². The number of hydrogen-bond acceptors (Lipinski definition) is 8. The molecular formula is C30H25Cl2FN2O8. The molecule has 4 aliphatic rings. The number of methoxy groups -OCH3 is 1. The van der Waals surface area contributed by atoms with Crippen molar-refractivity contribution in [3.05, 3.63) is 65.5 Å². The van der Waals surface area contributed by atoms with Crippen molar-refractivity contribution in [2.24, 2.45) is 17.8 Å². The Balaban J connectivity index is 1.57. The Bertz CT molecular complexity index is 1630. The van der Waals surface area contributed by atoms with Crippen LogP contribution in [0.4, 0.5) is 14.9 Å². The summed E-state index contributed by atoms with van der Waals surface area (Å²) in [4.78, 5) is 64.6. The Morgan fingerprint density at radius 2 is 1.74 bits per heavy atom. The molecule has 6 atom stereocenters. The average molecular weight is 631 g/mol. The Morgan fingerprint density at radius 1 is 1.05 bits per heavy atom. The van der Waals surface area contributed by atoms with E-state index in [0.717, 1.165) is 24.1 Å². The lowest BCUT2D eigenvalue weighted by molar-refractivity contribution is -0.138. The maximum atomic E-state index is 14.3. The first-order valence-electron chi connectivity index (χ1n) is 13.5. The lowest BCUT2D eigenvalue weighted by Gasteiger charge is -2.50. The predicted octanol–water partition coefficient (Wildman–Crippen LogP) is 4.26. The van der Waals surface area contributed by atoms with Crippen LogP contribution < -0.4 is 9.64 Å². The number of likely N-dealkylation sites (tertiary alicyclic amines) is 1. The zero-order valence-electron chi connectivity index (χ0n) is 22.9. The van der Waals surface area contributed by atoms with Gasteiger partial charge in [0.05, 0.1) is 31.2 Å². The van der Waals surface area contributed by atoms with E-state index in [1.807, 2.05) is 0 Å². The summed E-state index contributed by atoms with van der Waals surface area (Å²) >= 11 is 14.5. The molecule has 0 unspecified atom stereocenters. The van der Waals surface area contributed by atoms with Gasteiger partial charge in [-0.15, -0.1) is 23.2 Å². The number of hydrogen-bond donors (Lipinski definition) is 1. The number of amides is 5. The zero-order valence-corrected chi connectivity index (χ0v) is 24.4. The van der Waals surface area contributed by atoms with Gasteiger partial charge in [0.25, 0.3) is 11.8 Å². The van der Waals surface area contributed by atoms with E-state index in [-0.39, 0.29) is 42.2 Å². The van der Waals surface area contributed by atoms with E-state index in [0.29, 0.717) is 10.5 Å². The molecule has 1 saturated carbocycles. The molecule has 2 heterocycles. The van der Waals surface area contributed by atoms with Gasteiger partial charge in [-0.2, -0.15) is 4.90 Å². The number of ether oxygens (including phenoxy) is 2. The monoisotopic (exact) mass is 630 g/mol. The number of phenols is 1. The molecule has 0 aromatic heterocycles.